The van der Waals surface area contributed by atoms with Gasteiger partial charge in [-0.1, -0.05) is 19.9 Å². The summed E-state index contributed by atoms with van der Waals surface area (Å²) in [6.45, 7) is 7.47. The molecule has 0 radical (unpaired) electrons. The van der Waals surface area contributed by atoms with E-state index in [1.165, 1.54) is 31.4 Å². The lowest BCUT2D eigenvalue weighted by atomic mass is 9.85. The van der Waals surface area contributed by atoms with Gasteiger partial charge >= 0.3 is 0 Å². The fraction of sp³-hybridized carbons (Fsp3) is 0.562. The Balaban J connectivity index is 2.12. The number of hydrogen-bond donors (Lipinski definition) is 2. The average molecular weight is 277 g/mol. The molecule has 0 amide bonds. The topological polar surface area (TPSA) is 53.1 Å². The van der Waals surface area contributed by atoms with E-state index < -0.39 is 0 Å². The second-order valence-corrected chi connectivity index (χ2v) is 6.51. The van der Waals surface area contributed by atoms with Crippen molar-refractivity contribution in [1.29, 1.82) is 5.41 Å². The lowest BCUT2D eigenvalue weighted by molar-refractivity contribution is 0.255. The van der Waals surface area contributed by atoms with Gasteiger partial charge in [0.25, 0.3) is 0 Å². The number of nitrogen functional groups attached to an aromatic ring is 1. The van der Waals surface area contributed by atoms with E-state index >= 15 is 0 Å². The maximum Gasteiger partial charge on any atom is 0.123 e. The number of amidine groups is 1. The van der Waals surface area contributed by atoms with Crippen LogP contribution in [0.1, 0.15) is 44.2 Å². The Labute approximate surface area is 120 Å². The number of hydrogen-bond acceptors (Lipinski definition) is 2. The van der Waals surface area contributed by atoms with E-state index in [-0.39, 0.29) is 11.7 Å². The minimum Gasteiger partial charge on any atom is -0.384 e. The Bertz CT molecular complexity index is 496. The predicted molar refractivity (Wildman–Crippen MR) is 80.3 cm³/mol. The van der Waals surface area contributed by atoms with Crippen LogP contribution in [0, 0.1) is 16.6 Å². The van der Waals surface area contributed by atoms with Crippen molar-refractivity contribution in [2.75, 3.05) is 13.1 Å². The van der Waals surface area contributed by atoms with Gasteiger partial charge in [-0.2, -0.15) is 0 Å². The molecule has 0 spiro atoms. The van der Waals surface area contributed by atoms with E-state index in [2.05, 4.69) is 18.7 Å². The van der Waals surface area contributed by atoms with E-state index in [4.69, 9.17) is 11.1 Å². The first-order valence-electron chi connectivity index (χ1n) is 7.23. The van der Waals surface area contributed by atoms with Crippen LogP contribution < -0.4 is 5.73 Å². The smallest absolute Gasteiger partial charge is 0.123 e. The van der Waals surface area contributed by atoms with Crippen LogP contribution in [0.15, 0.2) is 18.2 Å². The molecule has 3 nitrogen and oxygen atoms in total. The molecule has 1 aromatic rings. The molecule has 0 unspecified atom stereocenters. The lowest BCUT2D eigenvalue weighted by Crippen LogP contribution is -2.27. The second-order valence-electron chi connectivity index (χ2n) is 6.51. The van der Waals surface area contributed by atoms with E-state index in [1.54, 1.807) is 6.07 Å². The summed E-state index contributed by atoms with van der Waals surface area (Å²) < 4.78 is 13.3. The molecule has 1 saturated heterocycles. The third kappa shape index (κ3) is 3.79. The zero-order valence-corrected chi connectivity index (χ0v) is 12.4. The van der Waals surface area contributed by atoms with Gasteiger partial charge in [-0.3, -0.25) is 10.3 Å². The molecule has 1 aromatic carbocycles. The molecule has 0 aliphatic carbocycles. The van der Waals surface area contributed by atoms with Crippen LogP contribution in [0.4, 0.5) is 4.39 Å². The second kappa shape index (κ2) is 5.92. The maximum atomic E-state index is 13.3. The Morgan fingerprint density at radius 3 is 2.80 bits per heavy atom. The van der Waals surface area contributed by atoms with E-state index in [1.807, 2.05) is 0 Å². The standard InChI is InChI=1S/C16H24FN3/c1-16(2)6-3-8-20(9-7-16)11-12-4-5-13(17)10-14(12)15(18)19/h4-5,10H,3,6-9,11H2,1-2H3,(H3,18,19). The zero-order chi connectivity index (χ0) is 14.8. The van der Waals surface area contributed by atoms with Crippen molar-refractivity contribution in [2.45, 2.75) is 39.7 Å². The van der Waals surface area contributed by atoms with Crippen LogP contribution in [0.2, 0.25) is 0 Å². The van der Waals surface area contributed by atoms with Crippen molar-refractivity contribution in [1.82, 2.24) is 4.90 Å². The highest BCUT2D eigenvalue weighted by atomic mass is 19.1. The lowest BCUT2D eigenvalue weighted by Gasteiger charge is -2.24. The molecule has 0 bridgehead atoms. The first-order chi connectivity index (χ1) is 9.37. The predicted octanol–water partition coefficient (Wildman–Crippen LogP) is 3.12. The van der Waals surface area contributed by atoms with Crippen molar-refractivity contribution >= 4 is 5.84 Å². The number of nitrogens with zero attached hydrogens (tertiary/aromatic N) is 1. The van der Waals surface area contributed by atoms with Gasteiger partial charge in [0.1, 0.15) is 11.7 Å². The Kier molecular flexibility index (Phi) is 4.43. The number of nitrogens with two attached hydrogens (primary N) is 1. The van der Waals surface area contributed by atoms with E-state index in [9.17, 15) is 4.39 Å². The van der Waals surface area contributed by atoms with Crippen LogP contribution in [0.25, 0.3) is 0 Å². The van der Waals surface area contributed by atoms with Crippen LogP contribution in [-0.2, 0) is 6.54 Å². The summed E-state index contributed by atoms with van der Waals surface area (Å²) >= 11 is 0. The summed E-state index contributed by atoms with van der Waals surface area (Å²) in [5.41, 5.74) is 7.43. The molecule has 1 heterocycles. The molecule has 2 rings (SSSR count). The number of nitrogens with one attached hydrogen (secondary N) is 1. The van der Waals surface area contributed by atoms with Crippen LogP contribution in [0.5, 0.6) is 0 Å². The molecular weight excluding hydrogens is 253 g/mol. The van der Waals surface area contributed by atoms with Gasteiger partial charge in [0.2, 0.25) is 0 Å². The van der Waals surface area contributed by atoms with Crippen molar-refractivity contribution < 1.29 is 4.39 Å². The monoisotopic (exact) mass is 277 g/mol. The van der Waals surface area contributed by atoms with Crippen LogP contribution >= 0.6 is 0 Å². The molecule has 110 valence electrons. The molecule has 20 heavy (non-hydrogen) atoms. The van der Waals surface area contributed by atoms with Gasteiger partial charge in [0.15, 0.2) is 0 Å². The fourth-order valence-electron chi connectivity index (χ4n) is 2.82. The molecule has 0 saturated carbocycles. The largest absolute Gasteiger partial charge is 0.384 e. The highest BCUT2D eigenvalue weighted by Gasteiger charge is 2.23. The molecule has 3 N–H and O–H groups in total. The maximum absolute atomic E-state index is 13.3. The summed E-state index contributed by atoms with van der Waals surface area (Å²) in [4.78, 5) is 2.38. The van der Waals surface area contributed by atoms with Crippen molar-refractivity contribution in [3.63, 3.8) is 0 Å². The summed E-state index contributed by atoms with van der Waals surface area (Å²) in [6.07, 6.45) is 3.60. The van der Waals surface area contributed by atoms with Gasteiger partial charge in [0, 0.05) is 12.1 Å². The van der Waals surface area contributed by atoms with Gasteiger partial charge < -0.3 is 5.73 Å². The van der Waals surface area contributed by atoms with Gasteiger partial charge in [-0.15, -0.1) is 0 Å². The molecule has 0 aromatic heterocycles. The molecule has 0 atom stereocenters. The van der Waals surface area contributed by atoms with Gasteiger partial charge in [0.05, 0.1) is 0 Å². The minimum atomic E-state index is -0.337. The first kappa shape index (κ1) is 15.0. The van der Waals surface area contributed by atoms with Crippen molar-refractivity contribution in [3.05, 3.63) is 35.1 Å². The van der Waals surface area contributed by atoms with Crippen LogP contribution in [-0.4, -0.2) is 23.8 Å². The molecule has 1 aliphatic heterocycles. The van der Waals surface area contributed by atoms with Crippen LogP contribution in [0.3, 0.4) is 0 Å². The van der Waals surface area contributed by atoms with Crippen molar-refractivity contribution in [2.24, 2.45) is 11.1 Å². The Morgan fingerprint density at radius 1 is 1.35 bits per heavy atom. The Morgan fingerprint density at radius 2 is 2.10 bits per heavy atom. The molecule has 1 aliphatic rings. The van der Waals surface area contributed by atoms with E-state index in [0.29, 0.717) is 11.0 Å². The number of halogens is 1. The molecular formula is C16H24FN3. The third-order valence-electron chi connectivity index (χ3n) is 4.19. The van der Waals surface area contributed by atoms with E-state index in [0.717, 1.165) is 25.2 Å². The first-order valence-corrected chi connectivity index (χ1v) is 7.23. The summed E-state index contributed by atoms with van der Waals surface area (Å²) in [5, 5.41) is 7.59. The van der Waals surface area contributed by atoms with Gasteiger partial charge in [-0.05, 0) is 55.5 Å². The minimum absolute atomic E-state index is 0.0605. The third-order valence-corrected chi connectivity index (χ3v) is 4.19. The van der Waals surface area contributed by atoms with Gasteiger partial charge in [-0.25, -0.2) is 4.39 Å². The summed E-state index contributed by atoms with van der Waals surface area (Å²) in [7, 11) is 0. The SMILES string of the molecule is CC1(C)CCCN(Cc2ccc(F)cc2C(=N)N)CC1. The number of likely N-dealkylation sites (tertiary alicyclic amines) is 1. The number of rotatable bonds is 3. The quantitative estimate of drug-likeness (QED) is 0.659. The normalized spacial score (nSPS) is 19.6. The summed E-state index contributed by atoms with van der Waals surface area (Å²) in [6, 6.07) is 4.56. The highest BCUT2D eigenvalue weighted by molar-refractivity contribution is 5.96. The Hall–Kier alpha value is -1.42. The van der Waals surface area contributed by atoms with Crippen molar-refractivity contribution in [3.8, 4) is 0 Å². The number of benzene rings is 1. The zero-order valence-electron chi connectivity index (χ0n) is 12.4. The molecule has 4 heteroatoms. The average Bonchev–Trinajstić information content (AvgIpc) is 2.53. The molecule has 1 fully saturated rings. The summed E-state index contributed by atoms with van der Waals surface area (Å²) in [5.74, 6) is -0.398. The highest BCUT2D eigenvalue weighted by Crippen LogP contribution is 2.30. The fourth-order valence-corrected chi connectivity index (χ4v) is 2.82.